The Bertz CT molecular complexity index is 367. The third kappa shape index (κ3) is 4.00. The second-order valence-corrected chi connectivity index (χ2v) is 4.32. The van der Waals surface area contributed by atoms with Crippen LogP contribution in [0.5, 0.6) is 0 Å². The van der Waals surface area contributed by atoms with Crippen LogP contribution in [0.25, 0.3) is 0 Å². The van der Waals surface area contributed by atoms with Crippen LogP contribution in [0, 0.1) is 0 Å². The summed E-state index contributed by atoms with van der Waals surface area (Å²) in [7, 11) is 0. The van der Waals surface area contributed by atoms with Crippen LogP contribution in [0.1, 0.15) is 19.4 Å². The van der Waals surface area contributed by atoms with Crippen LogP contribution >= 0.6 is 24.0 Å². The number of hydrogen-bond donors (Lipinski definition) is 2. The molecule has 3 nitrogen and oxygen atoms in total. The number of nitrogens with two attached hydrogens (primary N) is 1. The maximum atomic E-state index is 11.2. The van der Waals surface area contributed by atoms with Gasteiger partial charge in [0.15, 0.2) is 0 Å². The van der Waals surface area contributed by atoms with Crippen LogP contribution in [0.15, 0.2) is 24.3 Å². The van der Waals surface area contributed by atoms with E-state index in [0.29, 0.717) is 5.02 Å². The first-order valence-electron chi connectivity index (χ1n) is 4.73. The summed E-state index contributed by atoms with van der Waals surface area (Å²) >= 11 is 5.88. The number of hydrogen-bond acceptors (Lipinski definition) is 2. The Labute approximate surface area is 107 Å². The Hall–Kier alpha value is -0.770. The summed E-state index contributed by atoms with van der Waals surface area (Å²) in [5.41, 5.74) is 5.75. The molecule has 1 amide bonds. The molecular weight excluding hydrogens is 247 g/mol. The van der Waals surface area contributed by atoms with E-state index >= 15 is 0 Å². The minimum Gasteiger partial charge on any atom is -0.346 e. The van der Waals surface area contributed by atoms with E-state index in [0.717, 1.165) is 5.56 Å². The van der Waals surface area contributed by atoms with Crippen molar-refractivity contribution in [3.8, 4) is 0 Å². The monoisotopic (exact) mass is 262 g/mol. The molecule has 0 atom stereocenters. The van der Waals surface area contributed by atoms with Crippen LogP contribution in [0.2, 0.25) is 5.02 Å². The van der Waals surface area contributed by atoms with Crippen molar-refractivity contribution in [2.45, 2.75) is 19.4 Å². The number of nitrogens with one attached hydrogen (secondary N) is 1. The molecule has 1 aromatic carbocycles. The average molecular weight is 263 g/mol. The van der Waals surface area contributed by atoms with Gasteiger partial charge in [-0.05, 0) is 31.5 Å². The van der Waals surface area contributed by atoms with Gasteiger partial charge < -0.3 is 11.1 Å². The van der Waals surface area contributed by atoms with E-state index < -0.39 is 5.54 Å². The molecule has 3 N–H and O–H groups in total. The zero-order valence-electron chi connectivity index (χ0n) is 9.29. The van der Waals surface area contributed by atoms with Gasteiger partial charge in [0.25, 0.3) is 0 Å². The summed E-state index contributed by atoms with van der Waals surface area (Å²) < 4.78 is 0. The van der Waals surface area contributed by atoms with Crippen LogP contribution in [0.4, 0.5) is 0 Å². The van der Waals surface area contributed by atoms with Crippen molar-refractivity contribution >= 4 is 29.9 Å². The molecule has 1 aromatic rings. The maximum absolute atomic E-state index is 11.2. The van der Waals surface area contributed by atoms with Gasteiger partial charge in [-0.15, -0.1) is 12.4 Å². The van der Waals surface area contributed by atoms with Gasteiger partial charge in [0.1, 0.15) is 0 Å². The Morgan fingerprint density at radius 2 is 2.12 bits per heavy atom. The van der Waals surface area contributed by atoms with Gasteiger partial charge in [-0.1, -0.05) is 23.7 Å². The smallest absolute Gasteiger partial charge is 0.234 e. The fourth-order valence-corrected chi connectivity index (χ4v) is 1.54. The SMILES string of the molecule is CC(C)(NC(=O)CN)c1cccc(Cl)c1.Cl. The molecule has 5 heteroatoms. The van der Waals surface area contributed by atoms with Crippen molar-refractivity contribution in [1.82, 2.24) is 5.32 Å². The number of carbonyl (C=O) groups excluding carboxylic acids is 1. The highest BCUT2D eigenvalue weighted by Gasteiger charge is 2.22. The van der Waals surface area contributed by atoms with Gasteiger partial charge in [-0.2, -0.15) is 0 Å². The summed E-state index contributed by atoms with van der Waals surface area (Å²) in [6, 6.07) is 7.40. The zero-order valence-corrected chi connectivity index (χ0v) is 10.9. The maximum Gasteiger partial charge on any atom is 0.234 e. The van der Waals surface area contributed by atoms with Crippen molar-refractivity contribution in [1.29, 1.82) is 0 Å². The lowest BCUT2D eigenvalue weighted by Gasteiger charge is -2.26. The summed E-state index contributed by atoms with van der Waals surface area (Å²) in [4.78, 5) is 11.2. The molecule has 1 rings (SSSR count). The molecular formula is C11H16Cl2N2O. The molecule has 0 bridgehead atoms. The van der Waals surface area contributed by atoms with Crippen LogP contribution in [-0.4, -0.2) is 12.5 Å². The summed E-state index contributed by atoms with van der Waals surface area (Å²) in [5.74, 6) is -0.181. The van der Waals surface area contributed by atoms with Crippen molar-refractivity contribution in [3.05, 3.63) is 34.9 Å². The molecule has 0 aliphatic rings. The van der Waals surface area contributed by atoms with E-state index in [1.54, 1.807) is 6.07 Å². The third-order valence-electron chi connectivity index (χ3n) is 2.18. The quantitative estimate of drug-likeness (QED) is 0.877. The Kier molecular flexibility index (Phi) is 5.79. The summed E-state index contributed by atoms with van der Waals surface area (Å²) in [5, 5.41) is 3.48. The lowest BCUT2D eigenvalue weighted by atomic mass is 9.94. The molecule has 16 heavy (non-hydrogen) atoms. The molecule has 0 fully saturated rings. The zero-order chi connectivity index (χ0) is 11.5. The normalized spacial score (nSPS) is 10.5. The topological polar surface area (TPSA) is 55.1 Å². The van der Waals surface area contributed by atoms with Gasteiger partial charge in [0.05, 0.1) is 12.1 Å². The van der Waals surface area contributed by atoms with E-state index in [1.165, 1.54) is 0 Å². The molecule has 0 spiro atoms. The first kappa shape index (κ1) is 15.2. The highest BCUT2D eigenvalue weighted by molar-refractivity contribution is 6.30. The second-order valence-electron chi connectivity index (χ2n) is 3.89. The van der Waals surface area contributed by atoms with Crippen LogP contribution < -0.4 is 11.1 Å². The molecule has 0 unspecified atom stereocenters. The van der Waals surface area contributed by atoms with Gasteiger partial charge in [-0.25, -0.2) is 0 Å². The van der Waals surface area contributed by atoms with Crippen molar-refractivity contribution in [3.63, 3.8) is 0 Å². The number of halogens is 2. The average Bonchev–Trinajstić information content (AvgIpc) is 2.17. The largest absolute Gasteiger partial charge is 0.346 e. The summed E-state index contributed by atoms with van der Waals surface area (Å²) in [6.07, 6.45) is 0. The summed E-state index contributed by atoms with van der Waals surface area (Å²) in [6.45, 7) is 3.81. The molecule has 0 saturated carbocycles. The fourth-order valence-electron chi connectivity index (χ4n) is 1.35. The van der Waals surface area contributed by atoms with E-state index in [-0.39, 0.29) is 24.9 Å². The molecule has 0 aliphatic carbocycles. The van der Waals surface area contributed by atoms with Gasteiger partial charge >= 0.3 is 0 Å². The molecule has 0 aliphatic heterocycles. The van der Waals surface area contributed by atoms with Gasteiger partial charge in [0, 0.05) is 5.02 Å². The van der Waals surface area contributed by atoms with E-state index in [4.69, 9.17) is 17.3 Å². The number of carbonyl (C=O) groups is 1. The number of amides is 1. The molecule has 0 heterocycles. The van der Waals surface area contributed by atoms with E-state index in [2.05, 4.69) is 5.32 Å². The lowest BCUT2D eigenvalue weighted by Crippen LogP contribution is -2.43. The Balaban J connectivity index is 0.00000225. The highest BCUT2D eigenvalue weighted by atomic mass is 35.5. The lowest BCUT2D eigenvalue weighted by molar-refractivity contribution is -0.121. The standard InChI is InChI=1S/C11H15ClN2O.ClH/c1-11(2,14-10(15)7-13)8-4-3-5-9(12)6-8;/h3-6H,7,13H2,1-2H3,(H,14,15);1H. The molecule has 0 aromatic heterocycles. The predicted molar refractivity (Wildman–Crippen MR) is 68.9 cm³/mol. The Morgan fingerprint density at radius 3 is 2.62 bits per heavy atom. The highest BCUT2D eigenvalue weighted by Crippen LogP contribution is 2.22. The van der Waals surface area contributed by atoms with E-state index in [1.807, 2.05) is 32.0 Å². The third-order valence-corrected chi connectivity index (χ3v) is 2.42. The Morgan fingerprint density at radius 1 is 1.50 bits per heavy atom. The first-order chi connectivity index (χ1) is 6.95. The van der Waals surface area contributed by atoms with Crippen molar-refractivity contribution in [2.75, 3.05) is 6.54 Å². The van der Waals surface area contributed by atoms with Crippen molar-refractivity contribution in [2.24, 2.45) is 5.73 Å². The van der Waals surface area contributed by atoms with Crippen molar-refractivity contribution < 1.29 is 4.79 Å². The molecule has 0 radical (unpaired) electrons. The molecule has 0 saturated heterocycles. The fraction of sp³-hybridized carbons (Fsp3) is 0.364. The van der Waals surface area contributed by atoms with E-state index in [9.17, 15) is 4.79 Å². The molecule has 90 valence electrons. The van der Waals surface area contributed by atoms with Gasteiger partial charge in [-0.3, -0.25) is 4.79 Å². The second kappa shape index (κ2) is 6.09. The number of benzene rings is 1. The minimum atomic E-state index is -0.457. The van der Waals surface area contributed by atoms with Gasteiger partial charge in [0.2, 0.25) is 5.91 Å². The first-order valence-corrected chi connectivity index (χ1v) is 5.10. The number of rotatable bonds is 3. The minimum absolute atomic E-state index is 0. The predicted octanol–water partition coefficient (Wildman–Crippen LogP) is 2.07. The van der Waals surface area contributed by atoms with Crippen LogP contribution in [0.3, 0.4) is 0 Å². The van der Waals surface area contributed by atoms with Crippen LogP contribution in [-0.2, 0) is 10.3 Å².